The average molecular weight is 324 g/mol. The molecular formula is C20H37NO2. The molecular weight excluding hydrogens is 286 g/mol. The van der Waals surface area contributed by atoms with E-state index in [-0.39, 0.29) is 11.9 Å². The van der Waals surface area contributed by atoms with Gasteiger partial charge in [0.25, 0.3) is 0 Å². The van der Waals surface area contributed by atoms with Gasteiger partial charge in [-0.2, -0.15) is 0 Å². The Hall–Kier alpha value is -0.380. The van der Waals surface area contributed by atoms with Crippen LogP contribution in [0.1, 0.15) is 72.6 Å². The zero-order valence-electron chi connectivity index (χ0n) is 15.8. The highest BCUT2D eigenvalue weighted by Gasteiger charge is 2.42. The summed E-state index contributed by atoms with van der Waals surface area (Å²) >= 11 is 0. The van der Waals surface area contributed by atoms with Crippen LogP contribution in [0.4, 0.5) is 0 Å². The Morgan fingerprint density at radius 3 is 2.74 bits per heavy atom. The van der Waals surface area contributed by atoms with Crippen molar-refractivity contribution in [3.63, 3.8) is 0 Å². The van der Waals surface area contributed by atoms with Crippen molar-refractivity contribution in [1.29, 1.82) is 0 Å². The van der Waals surface area contributed by atoms with E-state index in [1.54, 1.807) is 0 Å². The maximum Gasteiger partial charge on any atom is 0.168 e. The first-order valence-corrected chi connectivity index (χ1v) is 9.64. The minimum absolute atomic E-state index is 0.258. The third kappa shape index (κ3) is 5.58. The van der Waals surface area contributed by atoms with Crippen molar-refractivity contribution in [2.75, 3.05) is 19.7 Å². The second-order valence-electron chi connectivity index (χ2n) is 7.98. The van der Waals surface area contributed by atoms with Gasteiger partial charge in [-0.1, -0.05) is 31.9 Å². The molecule has 1 aliphatic heterocycles. The van der Waals surface area contributed by atoms with Gasteiger partial charge in [-0.25, -0.2) is 0 Å². The van der Waals surface area contributed by atoms with E-state index in [9.17, 15) is 0 Å². The van der Waals surface area contributed by atoms with Gasteiger partial charge in [-0.05, 0) is 46.0 Å². The van der Waals surface area contributed by atoms with Gasteiger partial charge in [0.05, 0.1) is 12.7 Å². The highest BCUT2D eigenvalue weighted by molar-refractivity contribution is 4.93. The molecule has 0 radical (unpaired) electrons. The molecule has 1 heterocycles. The predicted molar refractivity (Wildman–Crippen MR) is 96.6 cm³/mol. The fraction of sp³-hybridized carbons (Fsp3) is 0.900. The summed E-state index contributed by atoms with van der Waals surface area (Å²) in [6, 6.07) is 0.547. The van der Waals surface area contributed by atoms with Crippen molar-refractivity contribution in [3.8, 4) is 0 Å². The molecule has 1 saturated heterocycles. The van der Waals surface area contributed by atoms with E-state index in [4.69, 9.17) is 9.47 Å². The van der Waals surface area contributed by atoms with E-state index in [1.165, 1.54) is 31.3 Å². The molecule has 1 spiro atoms. The number of hydrogen-bond acceptors (Lipinski definition) is 3. The van der Waals surface area contributed by atoms with Crippen LogP contribution >= 0.6 is 0 Å². The van der Waals surface area contributed by atoms with E-state index in [2.05, 4.69) is 39.2 Å². The lowest BCUT2D eigenvalue weighted by molar-refractivity contribution is -0.177. The highest BCUT2D eigenvalue weighted by Crippen LogP contribution is 2.39. The normalized spacial score (nSPS) is 31.9. The molecule has 0 aromatic carbocycles. The van der Waals surface area contributed by atoms with Crippen molar-refractivity contribution in [2.45, 2.75) is 90.6 Å². The standard InChI is InChI=1S/C20H37NO2/c1-6-18-8-7-11-20(12-9-18)22-15-19(23-20)10-13-21(17(4)5)14-16(2)3/h17-19H,2,6-15H2,1,3-5H3. The molecule has 23 heavy (non-hydrogen) atoms. The van der Waals surface area contributed by atoms with Crippen molar-refractivity contribution >= 4 is 0 Å². The summed E-state index contributed by atoms with van der Waals surface area (Å²) in [5.41, 5.74) is 1.23. The number of ether oxygens (including phenoxy) is 2. The quantitative estimate of drug-likeness (QED) is 0.630. The maximum atomic E-state index is 6.43. The third-order valence-electron chi connectivity index (χ3n) is 5.54. The van der Waals surface area contributed by atoms with Gasteiger partial charge < -0.3 is 9.47 Å². The molecule has 2 aliphatic rings. The lowest BCUT2D eigenvalue weighted by Gasteiger charge is -2.29. The van der Waals surface area contributed by atoms with Crippen LogP contribution in [0.5, 0.6) is 0 Å². The van der Waals surface area contributed by atoms with Crippen molar-refractivity contribution in [2.24, 2.45) is 5.92 Å². The molecule has 3 nitrogen and oxygen atoms in total. The summed E-state index contributed by atoms with van der Waals surface area (Å²) in [6.45, 7) is 15.8. The number of nitrogens with zero attached hydrogens (tertiary/aromatic N) is 1. The van der Waals surface area contributed by atoms with Crippen molar-refractivity contribution in [1.82, 2.24) is 4.90 Å². The van der Waals surface area contributed by atoms with Crippen LogP contribution in [-0.4, -0.2) is 42.5 Å². The molecule has 0 aromatic rings. The van der Waals surface area contributed by atoms with Crippen LogP contribution < -0.4 is 0 Å². The van der Waals surface area contributed by atoms with E-state index in [0.29, 0.717) is 6.04 Å². The smallest absolute Gasteiger partial charge is 0.168 e. The van der Waals surface area contributed by atoms with Crippen LogP contribution in [0, 0.1) is 5.92 Å². The zero-order valence-corrected chi connectivity index (χ0v) is 15.8. The molecule has 0 amide bonds. The Morgan fingerprint density at radius 1 is 1.30 bits per heavy atom. The molecule has 2 rings (SSSR count). The topological polar surface area (TPSA) is 21.7 Å². The van der Waals surface area contributed by atoms with Crippen LogP contribution in [0.3, 0.4) is 0 Å². The Balaban J connectivity index is 1.81. The van der Waals surface area contributed by atoms with Crippen LogP contribution in [0.25, 0.3) is 0 Å². The number of hydrogen-bond donors (Lipinski definition) is 0. The third-order valence-corrected chi connectivity index (χ3v) is 5.54. The molecule has 134 valence electrons. The second-order valence-corrected chi connectivity index (χ2v) is 7.98. The molecule has 0 bridgehead atoms. The first-order chi connectivity index (χ1) is 10.9. The second kappa shape index (κ2) is 8.64. The number of rotatable bonds is 7. The van der Waals surface area contributed by atoms with Gasteiger partial charge in [0.15, 0.2) is 5.79 Å². The SMILES string of the molecule is C=C(C)CN(CCC1COC2(CCCC(CC)CC2)O1)C(C)C. The first-order valence-electron chi connectivity index (χ1n) is 9.64. The largest absolute Gasteiger partial charge is 0.347 e. The molecule has 3 atom stereocenters. The lowest BCUT2D eigenvalue weighted by Crippen LogP contribution is -2.35. The molecule has 1 aliphatic carbocycles. The van der Waals surface area contributed by atoms with Crippen LogP contribution in [0.15, 0.2) is 12.2 Å². The van der Waals surface area contributed by atoms with Gasteiger partial charge in [0.1, 0.15) is 0 Å². The fourth-order valence-corrected chi connectivity index (χ4v) is 3.96. The van der Waals surface area contributed by atoms with E-state index >= 15 is 0 Å². The Labute approximate surface area is 143 Å². The molecule has 3 unspecified atom stereocenters. The first kappa shape index (κ1) is 19.0. The summed E-state index contributed by atoms with van der Waals surface area (Å²) in [5.74, 6) is 0.610. The summed E-state index contributed by atoms with van der Waals surface area (Å²) in [6.07, 6.45) is 8.64. The maximum absolute atomic E-state index is 6.43. The Bertz CT molecular complexity index is 382. The summed E-state index contributed by atoms with van der Waals surface area (Å²) < 4.78 is 12.6. The Kier molecular flexibility index (Phi) is 7.12. The highest BCUT2D eigenvalue weighted by atomic mass is 16.7. The molecule has 2 fully saturated rings. The van der Waals surface area contributed by atoms with Gasteiger partial charge in [0.2, 0.25) is 0 Å². The summed E-state index contributed by atoms with van der Waals surface area (Å²) in [4.78, 5) is 2.48. The van der Waals surface area contributed by atoms with Crippen molar-refractivity contribution < 1.29 is 9.47 Å². The van der Waals surface area contributed by atoms with Gasteiger partial charge >= 0.3 is 0 Å². The van der Waals surface area contributed by atoms with Crippen LogP contribution in [0.2, 0.25) is 0 Å². The van der Waals surface area contributed by atoms with Crippen LogP contribution in [-0.2, 0) is 9.47 Å². The Morgan fingerprint density at radius 2 is 2.09 bits per heavy atom. The molecule has 0 aromatic heterocycles. The summed E-state index contributed by atoms with van der Waals surface area (Å²) in [7, 11) is 0. The minimum atomic E-state index is -0.258. The average Bonchev–Trinajstić information content (AvgIpc) is 2.78. The fourth-order valence-electron chi connectivity index (χ4n) is 3.96. The molecule has 0 N–H and O–H groups in total. The monoisotopic (exact) mass is 323 g/mol. The molecule has 1 saturated carbocycles. The van der Waals surface area contributed by atoms with Gasteiger partial charge in [-0.15, -0.1) is 0 Å². The predicted octanol–water partition coefficient (Wildman–Crippen LogP) is 4.77. The zero-order chi connectivity index (χ0) is 16.9. The van der Waals surface area contributed by atoms with Crippen molar-refractivity contribution in [3.05, 3.63) is 12.2 Å². The lowest BCUT2D eigenvalue weighted by atomic mass is 9.97. The molecule has 3 heteroatoms. The van der Waals surface area contributed by atoms with E-state index in [0.717, 1.165) is 44.9 Å². The van der Waals surface area contributed by atoms with Gasteiger partial charge in [0, 0.05) is 32.0 Å². The summed E-state index contributed by atoms with van der Waals surface area (Å²) in [5, 5.41) is 0. The van der Waals surface area contributed by atoms with E-state index < -0.39 is 0 Å². The minimum Gasteiger partial charge on any atom is -0.347 e. The van der Waals surface area contributed by atoms with Gasteiger partial charge in [-0.3, -0.25) is 4.90 Å². The van der Waals surface area contributed by atoms with E-state index in [1.807, 2.05) is 0 Å².